The first-order chi connectivity index (χ1) is 11.6. The second-order valence-electron chi connectivity index (χ2n) is 6.90. The summed E-state index contributed by atoms with van der Waals surface area (Å²) in [4.78, 5) is 14.7. The van der Waals surface area contributed by atoms with Crippen molar-refractivity contribution in [1.82, 2.24) is 20.4 Å². The molecule has 2 aliphatic rings. The van der Waals surface area contributed by atoms with Crippen molar-refractivity contribution in [3.05, 3.63) is 17.0 Å². The van der Waals surface area contributed by atoms with Gasteiger partial charge in [0.1, 0.15) is 0 Å². The molecular formula is C17H28N4O3. The molecule has 0 spiro atoms. The minimum Gasteiger partial charge on any atom is -0.389 e. The van der Waals surface area contributed by atoms with Crippen molar-refractivity contribution in [2.45, 2.75) is 57.7 Å². The van der Waals surface area contributed by atoms with Crippen LogP contribution in [0.15, 0.2) is 0 Å². The number of carbonyl (C=O) groups is 1. The number of carbonyl (C=O) groups excluding carboxylic acids is 1. The average Bonchev–Trinajstić information content (AvgIpc) is 2.89. The summed E-state index contributed by atoms with van der Waals surface area (Å²) in [6.07, 6.45) is 2.62. The first kappa shape index (κ1) is 17.4. The Hall–Kier alpha value is -1.44. The highest BCUT2D eigenvalue weighted by molar-refractivity contribution is 5.79. The summed E-state index contributed by atoms with van der Waals surface area (Å²) in [6, 6.07) is -0.0584. The zero-order valence-corrected chi connectivity index (χ0v) is 14.5. The van der Waals surface area contributed by atoms with Crippen LogP contribution >= 0.6 is 0 Å². The maximum absolute atomic E-state index is 12.4. The summed E-state index contributed by atoms with van der Waals surface area (Å²) in [7, 11) is 0. The summed E-state index contributed by atoms with van der Waals surface area (Å²) < 4.78 is 5.40. The molecule has 1 aliphatic carbocycles. The maximum atomic E-state index is 12.4. The highest BCUT2D eigenvalue weighted by atomic mass is 16.5. The molecule has 3 rings (SSSR count). The molecule has 1 saturated carbocycles. The van der Waals surface area contributed by atoms with E-state index in [-0.39, 0.29) is 18.0 Å². The lowest BCUT2D eigenvalue weighted by Gasteiger charge is -2.43. The van der Waals surface area contributed by atoms with Crippen molar-refractivity contribution in [3.8, 4) is 0 Å². The van der Waals surface area contributed by atoms with E-state index in [9.17, 15) is 9.90 Å². The molecule has 24 heavy (non-hydrogen) atoms. The van der Waals surface area contributed by atoms with Crippen LogP contribution in [0.5, 0.6) is 0 Å². The molecule has 0 bridgehead atoms. The number of ether oxygens (including phenoxy) is 1. The van der Waals surface area contributed by atoms with Crippen molar-refractivity contribution >= 4 is 5.91 Å². The second-order valence-corrected chi connectivity index (χ2v) is 6.90. The molecule has 1 amide bonds. The molecule has 1 aliphatic heterocycles. The van der Waals surface area contributed by atoms with Gasteiger partial charge in [0.2, 0.25) is 5.91 Å². The quantitative estimate of drug-likeness (QED) is 0.736. The number of hydrogen-bond acceptors (Lipinski definition) is 5. The Kier molecular flexibility index (Phi) is 5.53. The largest absolute Gasteiger partial charge is 0.389 e. The van der Waals surface area contributed by atoms with Crippen molar-refractivity contribution in [2.75, 3.05) is 26.3 Å². The Morgan fingerprint density at radius 2 is 2.12 bits per heavy atom. The zero-order valence-electron chi connectivity index (χ0n) is 14.5. The smallest absolute Gasteiger partial charge is 0.224 e. The third kappa shape index (κ3) is 3.79. The molecule has 0 radical (unpaired) electrons. The minimum atomic E-state index is -0.521. The van der Waals surface area contributed by atoms with E-state index >= 15 is 0 Å². The summed E-state index contributed by atoms with van der Waals surface area (Å²) in [5.74, 6) is -0.0470. The van der Waals surface area contributed by atoms with Crippen LogP contribution in [0, 0.1) is 13.8 Å². The summed E-state index contributed by atoms with van der Waals surface area (Å²) in [5.41, 5.74) is 2.73. The van der Waals surface area contributed by atoms with E-state index in [1.165, 1.54) is 0 Å². The molecule has 1 saturated heterocycles. The molecular weight excluding hydrogens is 308 g/mol. The van der Waals surface area contributed by atoms with Crippen LogP contribution in [0.2, 0.25) is 0 Å². The molecule has 2 heterocycles. The van der Waals surface area contributed by atoms with Gasteiger partial charge in [-0.2, -0.15) is 5.10 Å². The van der Waals surface area contributed by atoms with E-state index in [0.29, 0.717) is 6.42 Å². The number of nitrogens with zero attached hydrogens (tertiary/aromatic N) is 2. The van der Waals surface area contributed by atoms with Crippen LogP contribution in [0.1, 0.15) is 36.2 Å². The first-order valence-corrected chi connectivity index (χ1v) is 8.86. The first-order valence-electron chi connectivity index (χ1n) is 8.86. The van der Waals surface area contributed by atoms with Crippen molar-refractivity contribution in [2.24, 2.45) is 0 Å². The van der Waals surface area contributed by atoms with Crippen LogP contribution in [-0.2, 0) is 16.0 Å². The SMILES string of the molecule is Cc1n[nH]c(C)c1CC(=O)N[C@@H]1CCC[C@@H](N2CCOCC2)[C@@H]1O. The van der Waals surface area contributed by atoms with E-state index in [4.69, 9.17) is 4.74 Å². The molecule has 7 nitrogen and oxygen atoms in total. The number of rotatable bonds is 4. The van der Waals surface area contributed by atoms with Gasteiger partial charge in [-0.15, -0.1) is 0 Å². The summed E-state index contributed by atoms with van der Waals surface area (Å²) in [6.45, 7) is 6.98. The molecule has 1 aromatic heterocycles. The predicted molar refractivity (Wildman–Crippen MR) is 89.7 cm³/mol. The van der Waals surface area contributed by atoms with Gasteiger partial charge in [-0.3, -0.25) is 14.8 Å². The standard InChI is InChI=1S/C17H28N4O3/c1-11-13(12(2)20-19-11)10-16(22)18-14-4-3-5-15(17(14)23)21-6-8-24-9-7-21/h14-15,17,23H,3-10H2,1-2H3,(H,18,22)(H,19,20)/t14-,15-,17-/m1/s1. The number of aryl methyl sites for hydroxylation is 2. The Labute approximate surface area is 142 Å². The number of nitrogens with one attached hydrogen (secondary N) is 2. The zero-order chi connectivity index (χ0) is 17.1. The van der Waals surface area contributed by atoms with Gasteiger partial charge in [-0.1, -0.05) is 0 Å². The Morgan fingerprint density at radius 1 is 1.38 bits per heavy atom. The lowest BCUT2D eigenvalue weighted by Crippen LogP contribution is -2.58. The van der Waals surface area contributed by atoms with Gasteiger partial charge in [0.05, 0.1) is 37.5 Å². The van der Waals surface area contributed by atoms with E-state index in [2.05, 4.69) is 20.4 Å². The number of aliphatic hydroxyl groups is 1. The van der Waals surface area contributed by atoms with E-state index in [1.54, 1.807) is 0 Å². The van der Waals surface area contributed by atoms with Gasteiger partial charge in [-0.25, -0.2) is 0 Å². The number of H-pyrrole nitrogens is 1. The fourth-order valence-electron chi connectivity index (χ4n) is 3.87. The second kappa shape index (κ2) is 7.63. The Bertz CT molecular complexity index is 549. The number of aromatic nitrogens is 2. The minimum absolute atomic E-state index is 0.0470. The van der Waals surface area contributed by atoms with Gasteiger partial charge in [0.25, 0.3) is 0 Å². The van der Waals surface area contributed by atoms with Gasteiger partial charge >= 0.3 is 0 Å². The van der Waals surface area contributed by atoms with Crippen LogP contribution in [0.4, 0.5) is 0 Å². The molecule has 3 N–H and O–H groups in total. The number of amides is 1. The van der Waals surface area contributed by atoms with Gasteiger partial charge < -0.3 is 15.2 Å². The third-order valence-electron chi connectivity index (χ3n) is 5.30. The van der Waals surface area contributed by atoms with Crippen molar-refractivity contribution in [1.29, 1.82) is 0 Å². The highest BCUT2D eigenvalue weighted by Gasteiger charge is 2.36. The van der Waals surface area contributed by atoms with Crippen molar-refractivity contribution < 1.29 is 14.6 Å². The predicted octanol–water partition coefficient (Wildman–Crippen LogP) is 0.299. The third-order valence-corrected chi connectivity index (χ3v) is 5.30. The van der Waals surface area contributed by atoms with E-state index in [0.717, 1.165) is 62.5 Å². The summed E-state index contributed by atoms with van der Waals surface area (Å²) >= 11 is 0. The number of aliphatic hydroxyl groups excluding tert-OH is 1. The highest BCUT2D eigenvalue weighted by Crippen LogP contribution is 2.25. The van der Waals surface area contributed by atoms with E-state index in [1.807, 2.05) is 13.8 Å². The topological polar surface area (TPSA) is 90.5 Å². The summed E-state index contributed by atoms with van der Waals surface area (Å²) in [5, 5.41) is 20.8. The Balaban J connectivity index is 1.58. The molecule has 2 fully saturated rings. The van der Waals surface area contributed by atoms with Crippen LogP contribution in [-0.4, -0.2) is 70.6 Å². The molecule has 7 heteroatoms. The lowest BCUT2D eigenvalue weighted by atomic mass is 9.86. The van der Waals surface area contributed by atoms with Crippen LogP contribution in [0.3, 0.4) is 0 Å². The number of morpholine rings is 1. The molecule has 3 atom stereocenters. The lowest BCUT2D eigenvalue weighted by molar-refractivity contribution is -0.123. The Morgan fingerprint density at radius 3 is 2.79 bits per heavy atom. The van der Waals surface area contributed by atoms with Crippen LogP contribution in [0.25, 0.3) is 0 Å². The fraction of sp³-hybridized carbons (Fsp3) is 0.765. The van der Waals surface area contributed by atoms with Gasteiger partial charge in [-0.05, 0) is 33.1 Å². The molecule has 1 aromatic rings. The average molecular weight is 336 g/mol. The van der Waals surface area contributed by atoms with E-state index < -0.39 is 6.10 Å². The molecule has 0 aromatic carbocycles. The molecule has 134 valence electrons. The van der Waals surface area contributed by atoms with Crippen LogP contribution < -0.4 is 5.32 Å². The monoisotopic (exact) mass is 336 g/mol. The molecule has 0 unspecified atom stereocenters. The van der Waals surface area contributed by atoms with Gasteiger partial charge in [0, 0.05) is 30.4 Å². The van der Waals surface area contributed by atoms with Gasteiger partial charge in [0.15, 0.2) is 0 Å². The fourth-order valence-corrected chi connectivity index (χ4v) is 3.87. The number of aromatic amines is 1. The van der Waals surface area contributed by atoms with Crippen molar-refractivity contribution in [3.63, 3.8) is 0 Å². The maximum Gasteiger partial charge on any atom is 0.224 e. The number of hydrogen-bond donors (Lipinski definition) is 3. The normalized spacial score (nSPS) is 28.7.